The number of nitrogens with one attached hydrogen (secondary N) is 1. The van der Waals surface area contributed by atoms with Crippen LogP contribution in [0, 0.1) is 5.82 Å². The van der Waals surface area contributed by atoms with Crippen molar-refractivity contribution >= 4 is 18.1 Å². The third-order valence-electron chi connectivity index (χ3n) is 5.22. The van der Waals surface area contributed by atoms with Gasteiger partial charge in [0.05, 0.1) is 18.8 Å². The molecule has 0 saturated heterocycles. The van der Waals surface area contributed by atoms with Crippen molar-refractivity contribution < 1.29 is 18.7 Å². The van der Waals surface area contributed by atoms with Gasteiger partial charge in [0.2, 0.25) is 12.2 Å². The molecule has 10 nitrogen and oxygen atoms in total. The first-order valence-electron chi connectivity index (χ1n) is 11.2. The molecule has 1 atom stereocenters. The maximum absolute atomic E-state index is 13.8. The zero-order chi connectivity index (χ0) is 24.5. The number of carbonyl (C=O) groups excluding carboxylic acids is 2. The zero-order valence-corrected chi connectivity index (χ0v) is 19.6. The maximum atomic E-state index is 13.8. The molecule has 3 rings (SSSR count). The van der Waals surface area contributed by atoms with Crippen molar-refractivity contribution in [3.05, 3.63) is 59.6 Å². The van der Waals surface area contributed by atoms with E-state index in [1.165, 1.54) is 22.0 Å². The van der Waals surface area contributed by atoms with Crippen LogP contribution >= 0.6 is 0 Å². The number of aryl methyl sites for hydroxylation is 1. The number of hydrogen-bond acceptors (Lipinski definition) is 6. The van der Waals surface area contributed by atoms with Crippen LogP contribution in [0.5, 0.6) is 0 Å². The molecule has 3 aromatic rings. The standard InChI is InChI=1S/C23H30FN7O3/c1-4-34-12-10-19-13-21(29(3)16-32)31(27-19)11-9-17(2)26-23(33)22-25-15-30(28-22)14-18-7-5-6-8-20(18)24/h5-8,13,15-17H,4,9-12,14H2,1-3H3,(H,26,33). The van der Waals surface area contributed by atoms with Gasteiger partial charge < -0.3 is 15.0 Å². The average Bonchev–Trinajstić information content (AvgIpc) is 3.46. The molecule has 0 saturated carbocycles. The Morgan fingerprint density at radius 3 is 2.85 bits per heavy atom. The van der Waals surface area contributed by atoms with Crippen LogP contribution in [0.1, 0.15) is 42.1 Å². The molecule has 2 aromatic heterocycles. The van der Waals surface area contributed by atoms with E-state index in [1.54, 1.807) is 29.9 Å². The van der Waals surface area contributed by atoms with E-state index in [-0.39, 0.29) is 24.2 Å². The number of benzene rings is 1. The summed E-state index contributed by atoms with van der Waals surface area (Å²) in [6.45, 7) is 5.68. The van der Waals surface area contributed by atoms with Crippen molar-refractivity contribution in [1.82, 2.24) is 29.9 Å². The molecule has 1 unspecified atom stereocenters. The molecule has 2 amide bonds. The van der Waals surface area contributed by atoms with Crippen molar-refractivity contribution in [2.24, 2.45) is 0 Å². The van der Waals surface area contributed by atoms with Gasteiger partial charge in [0.25, 0.3) is 5.91 Å². The summed E-state index contributed by atoms with van der Waals surface area (Å²) in [6, 6.07) is 8.06. The minimum absolute atomic E-state index is 0.0156. The second-order valence-corrected chi connectivity index (χ2v) is 7.90. The van der Waals surface area contributed by atoms with Gasteiger partial charge in [0.1, 0.15) is 18.0 Å². The minimum atomic E-state index is -0.414. The van der Waals surface area contributed by atoms with E-state index in [0.717, 1.165) is 12.1 Å². The van der Waals surface area contributed by atoms with Gasteiger partial charge in [0, 0.05) is 44.3 Å². The highest BCUT2D eigenvalue weighted by molar-refractivity contribution is 5.90. The van der Waals surface area contributed by atoms with Crippen LogP contribution in [0.25, 0.3) is 0 Å². The molecule has 2 heterocycles. The highest BCUT2D eigenvalue weighted by Gasteiger charge is 2.17. The van der Waals surface area contributed by atoms with Crippen LogP contribution in [-0.2, 0) is 29.0 Å². The lowest BCUT2D eigenvalue weighted by molar-refractivity contribution is -0.107. The molecule has 0 spiro atoms. The summed E-state index contributed by atoms with van der Waals surface area (Å²) in [5.41, 5.74) is 1.29. The second-order valence-electron chi connectivity index (χ2n) is 7.90. The number of carbonyl (C=O) groups is 2. The zero-order valence-electron chi connectivity index (χ0n) is 19.6. The number of amides is 2. The Labute approximate surface area is 197 Å². The fourth-order valence-electron chi connectivity index (χ4n) is 3.36. The van der Waals surface area contributed by atoms with Crippen LogP contribution in [0.2, 0.25) is 0 Å². The smallest absolute Gasteiger partial charge is 0.291 e. The van der Waals surface area contributed by atoms with Crippen LogP contribution in [0.4, 0.5) is 10.2 Å². The summed E-state index contributed by atoms with van der Waals surface area (Å²) >= 11 is 0. The van der Waals surface area contributed by atoms with Crippen molar-refractivity contribution in [2.75, 3.05) is 25.2 Å². The van der Waals surface area contributed by atoms with Crippen LogP contribution in [0.3, 0.4) is 0 Å². The lowest BCUT2D eigenvalue weighted by Gasteiger charge is -2.16. The first-order valence-corrected chi connectivity index (χ1v) is 11.2. The van der Waals surface area contributed by atoms with E-state index < -0.39 is 5.91 Å². The number of halogens is 1. The fourth-order valence-corrected chi connectivity index (χ4v) is 3.36. The highest BCUT2D eigenvalue weighted by atomic mass is 19.1. The lowest BCUT2D eigenvalue weighted by Crippen LogP contribution is -2.34. The fraction of sp³-hybridized carbons (Fsp3) is 0.435. The normalized spacial score (nSPS) is 11.9. The Hall–Kier alpha value is -3.60. The van der Waals surface area contributed by atoms with Crippen molar-refractivity contribution in [1.29, 1.82) is 0 Å². The van der Waals surface area contributed by atoms with Gasteiger partial charge in [-0.1, -0.05) is 18.2 Å². The molecule has 34 heavy (non-hydrogen) atoms. The summed E-state index contributed by atoms with van der Waals surface area (Å²) in [5, 5.41) is 11.6. The average molecular weight is 472 g/mol. The predicted molar refractivity (Wildman–Crippen MR) is 124 cm³/mol. The Kier molecular flexibility index (Phi) is 8.86. The SMILES string of the molecule is CCOCCc1cc(N(C)C=O)n(CCC(C)NC(=O)c2ncn(Cc3ccccc3F)n2)n1. The molecule has 0 aliphatic carbocycles. The van der Waals surface area contributed by atoms with Crippen LogP contribution in [-0.4, -0.2) is 63.2 Å². The Morgan fingerprint density at radius 2 is 2.12 bits per heavy atom. The van der Waals surface area contributed by atoms with E-state index in [0.29, 0.717) is 44.0 Å². The topological polar surface area (TPSA) is 107 Å². The quantitative estimate of drug-likeness (QED) is 0.302. The Morgan fingerprint density at radius 1 is 1.32 bits per heavy atom. The molecule has 0 bridgehead atoms. The highest BCUT2D eigenvalue weighted by Crippen LogP contribution is 2.16. The maximum Gasteiger partial charge on any atom is 0.291 e. The summed E-state index contributed by atoms with van der Waals surface area (Å²) in [7, 11) is 1.67. The van der Waals surface area contributed by atoms with E-state index >= 15 is 0 Å². The van der Waals surface area contributed by atoms with E-state index in [1.807, 2.05) is 19.9 Å². The molecule has 0 aliphatic rings. The number of hydrogen-bond donors (Lipinski definition) is 1. The van der Waals surface area contributed by atoms with Gasteiger partial charge in [-0.2, -0.15) is 5.10 Å². The first kappa shape index (κ1) is 25.0. The minimum Gasteiger partial charge on any atom is -0.381 e. The Bertz CT molecular complexity index is 1100. The molecule has 0 fully saturated rings. The molecular formula is C23H30FN7O3. The molecule has 0 radical (unpaired) electrons. The number of aromatic nitrogens is 5. The van der Waals surface area contributed by atoms with Gasteiger partial charge in [-0.3, -0.25) is 9.59 Å². The largest absolute Gasteiger partial charge is 0.381 e. The Balaban J connectivity index is 1.56. The van der Waals surface area contributed by atoms with Crippen molar-refractivity contribution in [2.45, 2.75) is 45.8 Å². The summed E-state index contributed by atoms with van der Waals surface area (Å²) < 4.78 is 22.4. The van der Waals surface area contributed by atoms with Crippen LogP contribution < -0.4 is 10.2 Å². The molecule has 182 valence electrons. The number of anilines is 1. The van der Waals surface area contributed by atoms with E-state index in [9.17, 15) is 14.0 Å². The van der Waals surface area contributed by atoms with E-state index in [4.69, 9.17) is 4.74 Å². The molecular weight excluding hydrogens is 441 g/mol. The van der Waals surface area contributed by atoms with E-state index in [2.05, 4.69) is 20.5 Å². The monoisotopic (exact) mass is 471 g/mol. The predicted octanol–water partition coefficient (Wildman–Crippen LogP) is 2.04. The van der Waals surface area contributed by atoms with Gasteiger partial charge in [-0.25, -0.2) is 18.7 Å². The third kappa shape index (κ3) is 6.70. The first-order chi connectivity index (χ1) is 16.4. The van der Waals surface area contributed by atoms with Crippen molar-refractivity contribution in [3.63, 3.8) is 0 Å². The molecule has 1 aromatic carbocycles. The second kappa shape index (κ2) is 12.0. The number of nitrogens with zero attached hydrogens (tertiary/aromatic N) is 6. The van der Waals surface area contributed by atoms with Crippen molar-refractivity contribution in [3.8, 4) is 0 Å². The lowest BCUT2D eigenvalue weighted by atomic mass is 10.2. The summed E-state index contributed by atoms with van der Waals surface area (Å²) in [6.07, 6.45) is 3.36. The van der Waals surface area contributed by atoms with Gasteiger partial charge in [-0.15, -0.1) is 5.10 Å². The summed E-state index contributed by atoms with van der Waals surface area (Å²) in [5.74, 6) is -0.0600. The van der Waals surface area contributed by atoms with Gasteiger partial charge >= 0.3 is 0 Å². The summed E-state index contributed by atoms with van der Waals surface area (Å²) in [4.78, 5) is 29.3. The van der Waals surface area contributed by atoms with Gasteiger partial charge in [-0.05, 0) is 26.3 Å². The number of rotatable bonds is 13. The molecule has 1 N–H and O–H groups in total. The third-order valence-corrected chi connectivity index (χ3v) is 5.22. The number of ether oxygens (including phenoxy) is 1. The molecule has 11 heteroatoms. The van der Waals surface area contributed by atoms with Gasteiger partial charge in [0.15, 0.2) is 0 Å². The molecule has 0 aliphatic heterocycles. The van der Waals surface area contributed by atoms with Crippen LogP contribution in [0.15, 0.2) is 36.7 Å².